The summed E-state index contributed by atoms with van der Waals surface area (Å²) < 4.78 is 15.9. The van der Waals surface area contributed by atoms with Crippen molar-refractivity contribution in [2.75, 3.05) is 20.8 Å². The van der Waals surface area contributed by atoms with E-state index in [1.807, 2.05) is 54.6 Å². The first-order valence-electron chi connectivity index (χ1n) is 10.2. The van der Waals surface area contributed by atoms with Crippen LogP contribution >= 0.6 is 0 Å². The Morgan fingerprint density at radius 2 is 1.50 bits per heavy atom. The number of carbonyl (C=O) groups is 1. The van der Waals surface area contributed by atoms with E-state index in [2.05, 4.69) is 4.98 Å². The second kappa shape index (κ2) is 8.98. The molecule has 32 heavy (non-hydrogen) atoms. The Hall–Kier alpha value is -4.06. The molecule has 0 amide bonds. The van der Waals surface area contributed by atoms with Crippen molar-refractivity contribution in [2.24, 2.45) is 0 Å². The molecule has 1 aromatic heterocycles. The van der Waals surface area contributed by atoms with Gasteiger partial charge >= 0.3 is 5.97 Å². The molecule has 4 rings (SSSR count). The van der Waals surface area contributed by atoms with E-state index < -0.39 is 11.4 Å². The van der Waals surface area contributed by atoms with Gasteiger partial charge in [-0.3, -0.25) is 4.79 Å². The quantitative estimate of drug-likeness (QED) is 0.434. The van der Waals surface area contributed by atoms with Crippen LogP contribution in [0.1, 0.15) is 17.3 Å². The van der Waals surface area contributed by atoms with Crippen molar-refractivity contribution >= 4 is 16.9 Å². The molecule has 6 nitrogen and oxygen atoms in total. The molecular formula is C26H23NO5. The number of aromatic amines is 1. The Balaban J connectivity index is 2.00. The van der Waals surface area contributed by atoms with E-state index in [-0.39, 0.29) is 12.2 Å². The van der Waals surface area contributed by atoms with E-state index in [0.717, 1.165) is 11.1 Å². The van der Waals surface area contributed by atoms with Gasteiger partial charge in [0.2, 0.25) is 5.43 Å². The maximum absolute atomic E-state index is 13.4. The summed E-state index contributed by atoms with van der Waals surface area (Å²) in [5.41, 5.74) is 3.14. The number of fused-ring (bicyclic) bond motifs is 1. The first kappa shape index (κ1) is 21.2. The molecule has 0 aliphatic carbocycles. The minimum atomic E-state index is -0.675. The van der Waals surface area contributed by atoms with E-state index in [1.54, 1.807) is 19.1 Å². The van der Waals surface area contributed by atoms with E-state index in [9.17, 15) is 9.59 Å². The third-order valence-corrected chi connectivity index (χ3v) is 5.24. The Labute approximate surface area is 185 Å². The van der Waals surface area contributed by atoms with Gasteiger partial charge in [0.05, 0.1) is 37.4 Å². The fourth-order valence-corrected chi connectivity index (χ4v) is 3.72. The van der Waals surface area contributed by atoms with Gasteiger partial charge in [-0.1, -0.05) is 48.5 Å². The minimum Gasteiger partial charge on any atom is -0.493 e. The van der Waals surface area contributed by atoms with Crippen LogP contribution in [0, 0.1) is 0 Å². The molecule has 1 N–H and O–H groups in total. The van der Waals surface area contributed by atoms with Gasteiger partial charge in [-0.25, -0.2) is 4.79 Å². The van der Waals surface area contributed by atoms with Gasteiger partial charge in [0, 0.05) is 6.07 Å². The minimum absolute atomic E-state index is 0.0446. The van der Waals surface area contributed by atoms with Crippen molar-refractivity contribution in [3.8, 4) is 33.9 Å². The predicted octanol–water partition coefficient (Wildman–Crippen LogP) is 5.06. The average Bonchev–Trinajstić information content (AvgIpc) is 2.83. The lowest BCUT2D eigenvalue weighted by Gasteiger charge is -2.14. The Bertz CT molecular complexity index is 1340. The van der Waals surface area contributed by atoms with E-state index in [1.165, 1.54) is 14.2 Å². The first-order valence-corrected chi connectivity index (χ1v) is 10.2. The van der Waals surface area contributed by atoms with Crippen LogP contribution in [0.2, 0.25) is 0 Å². The highest BCUT2D eigenvalue weighted by molar-refractivity contribution is 6.01. The summed E-state index contributed by atoms with van der Waals surface area (Å²) in [6, 6.07) is 20.8. The maximum atomic E-state index is 13.4. The lowest BCUT2D eigenvalue weighted by atomic mass is 9.98. The highest BCUT2D eigenvalue weighted by Gasteiger charge is 2.23. The Kier molecular flexibility index (Phi) is 5.94. The van der Waals surface area contributed by atoms with Crippen molar-refractivity contribution in [2.45, 2.75) is 6.92 Å². The summed E-state index contributed by atoms with van der Waals surface area (Å²) in [7, 11) is 3.02. The molecule has 0 spiro atoms. The number of esters is 1. The van der Waals surface area contributed by atoms with Gasteiger partial charge < -0.3 is 19.2 Å². The molecule has 0 fully saturated rings. The van der Waals surface area contributed by atoms with Gasteiger partial charge in [0.1, 0.15) is 5.56 Å². The second-order valence-corrected chi connectivity index (χ2v) is 7.12. The van der Waals surface area contributed by atoms with Gasteiger partial charge in [-0.05, 0) is 35.7 Å². The zero-order valence-electron chi connectivity index (χ0n) is 18.1. The van der Waals surface area contributed by atoms with Crippen LogP contribution in [0.25, 0.3) is 33.3 Å². The van der Waals surface area contributed by atoms with E-state index in [0.29, 0.717) is 33.7 Å². The van der Waals surface area contributed by atoms with Crippen molar-refractivity contribution in [1.82, 2.24) is 4.98 Å². The normalized spacial score (nSPS) is 10.7. The number of carbonyl (C=O) groups excluding carboxylic acids is 1. The fourth-order valence-electron chi connectivity index (χ4n) is 3.72. The molecule has 6 heteroatoms. The van der Waals surface area contributed by atoms with Crippen molar-refractivity contribution in [3.63, 3.8) is 0 Å². The highest BCUT2D eigenvalue weighted by Crippen LogP contribution is 2.33. The lowest BCUT2D eigenvalue weighted by molar-refractivity contribution is 0.0525. The number of aromatic nitrogens is 1. The first-order chi connectivity index (χ1) is 15.6. The zero-order valence-corrected chi connectivity index (χ0v) is 18.1. The standard InChI is InChI=1S/C26H23NO5/c1-4-32-26(29)23-24(18-12-8-11-17(13-18)16-9-6-5-7-10-16)27-20-15-22(31-3)21(30-2)14-19(20)25(23)28/h5-15H,4H2,1-3H3,(H,27,28). The SMILES string of the molecule is CCOC(=O)c1c(-c2cccc(-c3ccccc3)c2)[nH]c2cc(OC)c(OC)cc2c1=O. The van der Waals surface area contributed by atoms with E-state index >= 15 is 0 Å². The van der Waals surface area contributed by atoms with Crippen LogP contribution in [0.4, 0.5) is 0 Å². The summed E-state index contributed by atoms with van der Waals surface area (Å²) >= 11 is 0. The number of hydrogen-bond acceptors (Lipinski definition) is 5. The van der Waals surface area contributed by atoms with Crippen LogP contribution in [0.5, 0.6) is 11.5 Å². The second-order valence-electron chi connectivity index (χ2n) is 7.12. The molecule has 0 saturated heterocycles. The summed E-state index contributed by atoms with van der Waals surface area (Å²) in [6.07, 6.45) is 0. The fraction of sp³-hybridized carbons (Fsp3) is 0.154. The molecule has 4 aromatic rings. The number of pyridine rings is 1. The van der Waals surface area contributed by atoms with Gasteiger partial charge in [-0.15, -0.1) is 0 Å². The molecule has 0 unspecified atom stereocenters. The number of hydrogen-bond donors (Lipinski definition) is 1. The molecule has 1 heterocycles. The summed E-state index contributed by atoms with van der Waals surface area (Å²) in [5.74, 6) is 0.202. The lowest BCUT2D eigenvalue weighted by Crippen LogP contribution is -2.20. The van der Waals surface area contributed by atoms with Crippen LogP contribution in [0.15, 0.2) is 71.5 Å². The predicted molar refractivity (Wildman–Crippen MR) is 125 cm³/mol. The molecule has 0 radical (unpaired) electrons. The van der Waals surface area contributed by atoms with Gasteiger partial charge in [0.15, 0.2) is 11.5 Å². The van der Waals surface area contributed by atoms with Crippen molar-refractivity contribution in [1.29, 1.82) is 0 Å². The van der Waals surface area contributed by atoms with Crippen molar-refractivity contribution < 1.29 is 19.0 Å². The Morgan fingerprint density at radius 3 is 2.19 bits per heavy atom. The largest absolute Gasteiger partial charge is 0.493 e. The van der Waals surface area contributed by atoms with E-state index in [4.69, 9.17) is 14.2 Å². The third kappa shape index (κ3) is 3.83. The number of benzene rings is 3. The zero-order chi connectivity index (χ0) is 22.7. The molecular weight excluding hydrogens is 406 g/mol. The monoisotopic (exact) mass is 429 g/mol. The molecule has 0 atom stereocenters. The van der Waals surface area contributed by atoms with Crippen LogP contribution in [0.3, 0.4) is 0 Å². The number of rotatable bonds is 6. The molecule has 162 valence electrons. The van der Waals surface area contributed by atoms with Crippen molar-refractivity contribution in [3.05, 3.63) is 82.5 Å². The van der Waals surface area contributed by atoms with Gasteiger partial charge in [0.25, 0.3) is 0 Å². The number of ether oxygens (including phenoxy) is 3. The summed E-state index contributed by atoms with van der Waals surface area (Å²) in [5, 5.41) is 0.314. The summed E-state index contributed by atoms with van der Waals surface area (Å²) in [4.78, 5) is 29.5. The molecule has 0 saturated carbocycles. The molecule has 3 aromatic carbocycles. The number of methoxy groups -OCH3 is 2. The third-order valence-electron chi connectivity index (χ3n) is 5.24. The van der Waals surface area contributed by atoms with Crippen LogP contribution in [-0.2, 0) is 4.74 Å². The van der Waals surface area contributed by atoms with Crippen LogP contribution in [-0.4, -0.2) is 31.8 Å². The van der Waals surface area contributed by atoms with Crippen LogP contribution < -0.4 is 14.9 Å². The topological polar surface area (TPSA) is 77.6 Å². The highest BCUT2D eigenvalue weighted by atomic mass is 16.5. The maximum Gasteiger partial charge on any atom is 0.344 e. The molecule has 0 aliphatic rings. The average molecular weight is 429 g/mol. The number of nitrogens with one attached hydrogen (secondary N) is 1. The smallest absolute Gasteiger partial charge is 0.344 e. The molecule has 0 bridgehead atoms. The summed E-state index contributed by atoms with van der Waals surface area (Å²) in [6.45, 7) is 1.86. The molecule has 0 aliphatic heterocycles. The Morgan fingerprint density at radius 1 is 0.844 bits per heavy atom. The van der Waals surface area contributed by atoms with Gasteiger partial charge in [-0.2, -0.15) is 0 Å². The number of H-pyrrole nitrogens is 1.